The number of rotatable bonds is 10. The van der Waals surface area contributed by atoms with Gasteiger partial charge in [-0.1, -0.05) is 53.5 Å². The monoisotopic (exact) mass is 1000 g/mol. The molecule has 9 N–H and O–H groups in total. The number of allylic oxidation sites excluding steroid dienone is 1. The number of benzene rings is 1. The number of hydrogen-bond donors (Lipinski definition) is 9. The van der Waals surface area contributed by atoms with Crippen molar-refractivity contribution in [2.75, 3.05) is 52.3 Å². The normalized spacial score (nSPS) is 42.5. The third kappa shape index (κ3) is 8.99. The van der Waals surface area contributed by atoms with Crippen LogP contribution in [-0.4, -0.2) is 146 Å². The Balaban J connectivity index is 1.25. The second-order valence-corrected chi connectivity index (χ2v) is 24.5. The molecule has 16 unspecified atom stereocenters. The number of hydrogen-bond acceptors (Lipinski definition) is 17. The molecule has 386 valence electrons. The van der Waals surface area contributed by atoms with Gasteiger partial charge in [0.25, 0.3) is 0 Å². The number of esters is 1. The molecule has 7 aliphatic rings. The van der Waals surface area contributed by atoms with Crippen molar-refractivity contribution in [1.82, 2.24) is 10.6 Å². The number of furan rings is 1. The van der Waals surface area contributed by atoms with E-state index in [-0.39, 0.29) is 84.9 Å². The molecule has 2 saturated heterocycles. The fourth-order valence-electron chi connectivity index (χ4n) is 14.8. The minimum atomic E-state index is -2.48. The standard InChI is InChI=1S/C52H78N2O13S2/c1-4-63-41(59)15-12-33-25-34-17-23-64-43(34)45-44(33)66-47-52(62)42-35(11-13-37(57)36(42)29-56)27-50(61,46(52)60)51(67-47)30-68-69-49(39(54-21-24-65-45)14-10-31(2)7-5-9-40(51)58)20-19-48(38(49)8-6-22-55)18-16-32(26-48)28-53-3/h11,13,17,23,25,31-32,35-40,42,46-47,53-58,60-62H,4-10,12,14-16,18-22,24,26-30H2,1-3H3. The van der Waals surface area contributed by atoms with Crippen LogP contribution in [0.2, 0.25) is 0 Å². The average molecular weight is 1000 g/mol. The van der Waals surface area contributed by atoms with Crippen LogP contribution in [0.25, 0.3) is 11.0 Å². The van der Waals surface area contributed by atoms with Gasteiger partial charge >= 0.3 is 5.97 Å². The molecule has 3 saturated carbocycles. The molecule has 17 heteroatoms. The van der Waals surface area contributed by atoms with Gasteiger partial charge in [0.2, 0.25) is 12.0 Å². The molecule has 5 fully saturated rings. The number of aryl methyl sites for hydroxylation is 1. The highest BCUT2D eigenvalue weighted by Crippen LogP contribution is 2.69. The Kier molecular flexibility index (Phi) is 15.8. The number of ether oxygens (including phenoxy) is 4. The van der Waals surface area contributed by atoms with Crippen molar-refractivity contribution in [3.8, 4) is 11.5 Å². The SMILES string of the molecule is CCOC(=O)CCc1cc2ccoc2c2c1OC1OC3(CSSC4(CCC5(CCC(CNC)C5)C4CCCO)C(CCC(C)CCCC3O)NCCO2)C2(O)CC3C=CC(O)C(CO)C3C1(O)C2O. The molecule has 9 rings (SSSR count). The summed E-state index contributed by atoms with van der Waals surface area (Å²) in [4.78, 5) is 13.0. The topological polar surface area (TPSA) is 233 Å². The molecule has 16 atom stereocenters. The van der Waals surface area contributed by atoms with Crippen molar-refractivity contribution in [1.29, 1.82) is 0 Å². The number of carbonyl (C=O) groups is 1. The summed E-state index contributed by atoms with van der Waals surface area (Å²) >= 11 is 0. The molecule has 15 nitrogen and oxygen atoms in total. The lowest BCUT2D eigenvalue weighted by Crippen LogP contribution is -2.86. The van der Waals surface area contributed by atoms with Crippen molar-refractivity contribution in [3.05, 3.63) is 36.1 Å². The minimum Gasteiger partial charge on any atom is -0.485 e. The maximum atomic E-state index is 13.6. The van der Waals surface area contributed by atoms with Crippen molar-refractivity contribution in [2.45, 2.75) is 162 Å². The summed E-state index contributed by atoms with van der Waals surface area (Å²) in [6.45, 7) is 5.34. The Hall–Kier alpha value is -2.13. The highest BCUT2D eigenvalue weighted by Gasteiger charge is 2.78. The van der Waals surface area contributed by atoms with Crippen LogP contribution in [0, 0.1) is 40.9 Å². The first-order valence-corrected chi connectivity index (χ1v) is 28.3. The van der Waals surface area contributed by atoms with Crippen molar-refractivity contribution >= 4 is 38.5 Å². The minimum absolute atomic E-state index is 0.0118. The van der Waals surface area contributed by atoms with E-state index >= 15 is 0 Å². The maximum Gasteiger partial charge on any atom is 0.306 e. The van der Waals surface area contributed by atoms with E-state index in [2.05, 4.69) is 17.6 Å². The lowest BCUT2D eigenvalue weighted by atomic mass is 9.50. The van der Waals surface area contributed by atoms with Crippen LogP contribution >= 0.6 is 21.6 Å². The number of aliphatic hydroxyl groups excluding tert-OH is 5. The fraction of sp³-hybridized carbons (Fsp3) is 0.788. The number of aliphatic hydroxyl groups is 7. The van der Waals surface area contributed by atoms with Crippen LogP contribution in [0.5, 0.6) is 11.5 Å². The Morgan fingerprint density at radius 3 is 2.65 bits per heavy atom. The van der Waals surface area contributed by atoms with Gasteiger partial charge in [-0.05, 0) is 144 Å². The van der Waals surface area contributed by atoms with E-state index in [1.807, 2.05) is 13.1 Å². The van der Waals surface area contributed by atoms with Gasteiger partial charge in [-0.2, -0.15) is 0 Å². The lowest BCUT2D eigenvalue weighted by molar-refractivity contribution is -0.424. The van der Waals surface area contributed by atoms with E-state index < -0.39 is 71.7 Å². The quantitative estimate of drug-likeness (QED) is 0.0864. The summed E-state index contributed by atoms with van der Waals surface area (Å²) in [5.74, 6) is -1.80. The van der Waals surface area contributed by atoms with Gasteiger partial charge in [0.15, 0.2) is 16.9 Å². The molecule has 3 spiro atoms. The molecule has 5 bridgehead atoms. The number of nitrogens with one attached hydrogen (secondary N) is 2. The smallest absolute Gasteiger partial charge is 0.306 e. The summed E-state index contributed by atoms with van der Waals surface area (Å²) in [6.07, 6.45) is 8.81. The van der Waals surface area contributed by atoms with E-state index in [9.17, 15) is 40.5 Å². The molecule has 1 aromatic carbocycles. The van der Waals surface area contributed by atoms with Crippen LogP contribution in [-0.2, 0) is 20.7 Å². The Morgan fingerprint density at radius 2 is 1.87 bits per heavy atom. The third-order valence-electron chi connectivity index (χ3n) is 18.1. The number of carbonyl (C=O) groups excluding carboxylic acids is 1. The number of fused-ring (bicyclic) bond motifs is 11. The van der Waals surface area contributed by atoms with Gasteiger partial charge in [0, 0.05) is 59.9 Å². The van der Waals surface area contributed by atoms with Gasteiger partial charge in [0.1, 0.15) is 23.9 Å². The second-order valence-electron chi connectivity index (χ2n) is 21.9. The van der Waals surface area contributed by atoms with E-state index in [0.29, 0.717) is 47.8 Å². The van der Waals surface area contributed by atoms with Gasteiger partial charge in [-0.15, -0.1) is 0 Å². The summed E-state index contributed by atoms with van der Waals surface area (Å²) < 4.78 is 32.3. The van der Waals surface area contributed by atoms with Crippen LogP contribution in [0.15, 0.2) is 35.0 Å². The van der Waals surface area contributed by atoms with E-state index in [1.54, 1.807) is 53.0 Å². The molecular formula is C52H78N2O13S2. The van der Waals surface area contributed by atoms with Gasteiger partial charge in [-0.3, -0.25) is 4.79 Å². The van der Waals surface area contributed by atoms with Crippen molar-refractivity contribution in [3.63, 3.8) is 0 Å². The van der Waals surface area contributed by atoms with Crippen LogP contribution in [0.4, 0.5) is 0 Å². The fourth-order valence-corrected chi connectivity index (χ4v) is 19.0. The molecule has 0 amide bonds. The lowest BCUT2D eigenvalue weighted by Gasteiger charge is -2.67. The van der Waals surface area contributed by atoms with Crippen LogP contribution in [0.1, 0.15) is 109 Å². The second kappa shape index (κ2) is 21.0. The summed E-state index contributed by atoms with van der Waals surface area (Å²) in [5.41, 5.74) is -5.75. The summed E-state index contributed by atoms with van der Waals surface area (Å²) in [6, 6.07) is 3.64. The molecule has 4 heterocycles. The largest absolute Gasteiger partial charge is 0.485 e. The Bertz CT molecular complexity index is 2130. The highest BCUT2D eigenvalue weighted by atomic mass is 33.1. The van der Waals surface area contributed by atoms with Gasteiger partial charge in [0.05, 0.1) is 25.1 Å². The van der Waals surface area contributed by atoms with Gasteiger partial charge in [-0.25, -0.2) is 0 Å². The summed E-state index contributed by atoms with van der Waals surface area (Å²) in [7, 11) is 5.37. The molecule has 1 aromatic heterocycles. The first-order chi connectivity index (χ1) is 33.2. The molecule has 4 aliphatic carbocycles. The first-order valence-electron chi connectivity index (χ1n) is 26.0. The average Bonchev–Trinajstić information content (AvgIpc) is 4.05. The van der Waals surface area contributed by atoms with E-state index in [4.69, 9.17) is 23.4 Å². The maximum absolute atomic E-state index is 13.6. The zero-order valence-corrected chi connectivity index (χ0v) is 42.3. The molecule has 2 aromatic rings. The van der Waals surface area contributed by atoms with E-state index in [1.165, 1.54) is 0 Å². The molecule has 69 heavy (non-hydrogen) atoms. The zero-order chi connectivity index (χ0) is 48.8. The van der Waals surface area contributed by atoms with Gasteiger partial charge < -0.3 is 69.7 Å². The molecule has 3 aliphatic heterocycles. The predicted molar refractivity (Wildman–Crippen MR) is 264 cm³/mol. The zero-order valence-electron chi connectivity index (χ0n) is 40.7. The Labute approximate surface area is 414 Å². The first kappa shape index (κ1) is 51.8. The Morgan fingerprint density at radius 1 is 1.03 bits per heavy atom. The molecular weight excluding hydrogens is 925 g/mol. The highest BCUT2D eigenvalue weighted by molar-refractivity contribution is 8.77. The predicted octanol–water partition coefficient (Wildman–Crippen LogP) is 5.02. The molecule has 0 radical (unpaired) electrons. The van der Waals surface area contributed by atoms with Crippen molar-refractivity contribution < 1.29 is 63.9 Å². The van der Waals surface area contributed by atoms with Crippen LogP contribution in [0.3, 0.4) is 0 Å². The third-order valence-corrected chi connectivity index (χ3v) is 21.5. The summed E-state index contributed by atoms with van der Waals surface area (Å²) in [5, 5.41) is 94.2. The van der Waals surface area contributed by atoms with Crippen molar-refractivity contribution in [2.24, 2.45) is 40.9 Å². The van der Waals surface area contributed by atoms with E-state index in [0.717, 1.165) is 64.3 Å². The van der Waals surface area contributed by atoms with Crippen LogP contribution < -0.4 is 20.1 Å².